The summed E-state index contributed by atoms with van der Waals surface area (Å²) in [6.07, 6.45) is 1.16. The molecule has 20 heavy (non-hydrogen) atoms. The van der Waals surface area contributed by atoms with Gasteiger partial charge in [0.1, 0.15) is 17.1 Å². The van der Waals surface area contributed by atoms with E-state index in [1.807, 2.05) is 6.92 Å². The third-order valence-corrected chi connectivity index (χ3v) is 2.79. The highest BCUT2D eigenvalue weighted by Gasteiger charge is 2.23. The van der Waals surface area contributed by atoms with Crippen LogP contribution in [0.2, 0.25) is 0 Å². The average Bonchev–Trinajstić information content (AvgIpc) is 2.82. The summed E-state index contributed by atoms with van der Waals surface area (Å²) in [6, 6.07) is 4.29. The number of hydrogen-bond donors (Lipinski definition) is 1. The molecule has 1 heterocycles. The van der Waals surface area contributed by atoms with Crippen molar-refractivity contribution in [3.63, 3.8) is 0 Å². The van der Waals surface area contributed by atoms with Crippen LogP contribution in [0.25, 0.3) is 11.5 Å². The van der Waals surface area contributed by atoms with Gasteiger partial charge in [0.05, 0.1) is 12.8 Å². The van der Waals surface area contributed by atoms with Crippen LogP contribution in [0.3, 0.4) is 0 Å². The number of carboxylic acids is 1. The lowest BCUT2D eigenvalue weighted by molar-refractivity contribution is 0.0661. The van der Waals surface area contributed by atoms with Crippen molar-refractivity contribution in [3.05, 3.63) is 35.5 Å². The predicted molar refractivity (Wildman–Crippen MR) is 69.4 cm³/mol. The standard InChI is InChI=1S/C14H14FNO4/c1-3-5-9-12(14(17)18)20-13(16-9)11-8(15)6-4-7-10(11)19-2/h4,6-7H,3,5H2,1-2H3,(H,17,18). The molecule has 0 spiro atoms. The monoisotopic (exact) mass is 279 g/mol. The highest BCUT2D eigenvalue weighted by Crippen LogP contribution is 2.33. The van der Waals surface area contributed by atoms with Crippen LogP contribution in [0.5, 0.6) is 5.75 Å². The zero-order valence-electron chi connectivity index (χ0n) is 11.1. The second-order valence-electron chi connectivity index (χ2n) is 4.17. The Hall–Kier alpha value is -2.37. The Bertz CT molecular complexity index is 636. The molecule has 106 valence electrons. The molecule has 1 N–H and O–H groups in total. The molecule has 0 amide bonds. The molecule has 1 aromatic carbocycles. The molecule has 0 saturated carbocycles. The third kappa shape index (κ3) is 2.49. The quantitative estimate of drug-likeness (QED) is 0.910. The topological polar surface area (TPSA) is 72.6 Å². The summed E-state index contributed by atoms with van der Waals surface area (Å²) in [5, 5.41) is 9.09. The van der Waals surface area contributed by atoms with Crippen LogP contribution in [0, 0.1) is 5.82 Å². The van der Waals surface area contributed by atoms with Gasteiger partial charge in [0, 0.05) is 0 Å². The van der Waals surface area contributed by atoms with E-state index in [-0.39, 0.29) is 23.0 Å². The summed E-state index contributed by atoms with van der Waals surface area (Å²) >= 11 is 0. The summed E-state index contributed by atoms with van der Waals surface area (Å²) in [5.74, 6) is -1.90. The van der Waals surface area contributed by atoms with E-state index in [2.05, 4.69) is 4.98 Å². The number of nitrogens with zero attached hydrogens (tertiary/aromatic N) is 1. The van der Waals surface area contributed by atoms with E-state index in [1.54, 1.807) is 6.07 Å². The number of benzene rings is 1. The number of halogens is 1. The van der Waals surface area contributed by atoms with E-state index in [9.17, 15) is 9.18 Å². The Morgan fingerprint density at radius 1 is 1.50 bits per heavy atom. The third-order valence-electron chi connectivity index (χ3n) is 2.79. The Morgan fingerprint density at radius 2 is 2.25 bits per heavy atom. The molecule has 0 aliphatic rings. The van der Waals surface area contributed by atoms with Gasteiger partial charge in [0.25, 0.3) is 0 Å². The Labute approximate surface area is 115 Å². The van der Waals surface area contributed by atoms with Gasteiger partial charge in [-0.3, -0.25) is 0 Å². The number of aromatic carboxylic acids is 1. The van der Waals surface area contributed by atoms with Crippen molar-refractivity contribution in [1.29, 1.82) is 0 Å². The van der Waals surface area contributed by atoms with Crippen molar-refractivity contribution >= 4 is 5.97 Å². The lowest BCUT2D eigenvalue weighted by Crippen LogP contribution is -1.99. The fourth-order valence-corrected chi connectivity index (χ4v) is 1.91. The zero-order valence-corrected chi connectivity index (χ0v) is 11.1. The van der Waals surface area contributed by atoms with E-state index in [0.717, 1.165) is 0 Å². The average molecular weight is 279 g/mol. The fraction of sp³-hybridized carbons (Fsp3) is 0.286. The first kappa shape index (κ1) is 14.0. The molecule has 5 nitrogen and oxygen atoms in total. The number of carboxylic acid groups (broad SMARTS) is 1. The smallest absolute Gasteiger partial charge is 0.373 e. The summed E-state index contributed by atoms with van der Waals surface area (Å²) in [5.41, 5.74) is 0.333. The van der Waals surface area contributed by atoms with Crippen LogP contribution in [-0.4, -0.2) is 23.2 Å². The number of carbonyl (C=O) groups is 1. The predicted octanol–water partition coefficient (Wildman–Crippen LogP) is 3.14. The van der Waals surface area contributed by atoms with Gasteiger partial charge < -0.3 is 14.3 Å². The van der Waals surface area contributed by atoms with E-state index in [4.69, 9.17) is 14.3 Å². The van der Waals surface area contributed by atoms with Crippen molar-refractivity contribution in [2.75, 3.05) is 7.11 Å². The largest absolute Gasteiger partial charge is 0.496 e. The van der Waals surface area contributed by atoms with Crippen LogP contribution in [0.15, 0.2) is 22.6 Å². The maximum atomic E-state index is 13.9. The normalized spacial score (nSPS) is 10.6. The van der Waals surface area contributed by atoms with Crippen LogP contribution >= 0.6 is 0 Å². The second-order valence-corrected chi connectivity index (χ2v) is 4.17. The summed E-state index contributed by atoms with van der Waals surface area (Å²) in [7, 11) is 1.40. The Kier molecular flexibility index (Phi) is 4.02. The molecule has 0 bridgehead atoms. The van der Waals surface area contributed by atoms with Crippen LogP contribution in [-0.2, 0) is 6.42 Å². The molecular weight excluding hydrogens is 265 g/mol. The van der Waals surface area contributed by atoms with Gasteiger partial charge in [0.15, 0.2) is 0 Å². The van der Waals surface area contributed by atoms with E-state index in [0.29, 0.717) is 18.5 Å². The molecule has 1 aromatic heterocycles. The minimum absolute atomic E-state index is 0.0276. The first-order valence-corrected chi connectivity index (χ1v) is 6.14. The van der Waals surface area contributed by atoms with E-state index < -0.39 is 11.8 Å². The van der Waals surface area contributed by atoms with Gasteiger partial charge in [-0.15, -0.1) is 0 Å². The number of aryl methyl sites for hydroxylation is 1. The first-order chi connectivity index (χ1) is 9.58. The SMILES string of the molecule is CCCc1nc(-c2c(F)cccc2OC)oc1C(=O)O. The Morgan fingerprint density at radius 3 is 2.85 bits per heavy atom. The minimum atomic E-state index is -1.22. The molecule has 0 radical (unpaired) electrons. The van der Waals surface area contributed by atoms with Crippen LogP contribution in [0.1, 0.15) is 29.6 Å². The summed E-state index contributed by atoms with van der Waals surface area (Å²) in [4.78, 5) is 15.2. The van der Waals surface area contributed by atoms with Gasteiger partial charge in [-0.25, -0.2) is 14.2 Å². The van der Waals surface area contributed by atoms with Gasteiger partial charge in [-0.05, 0) is 18.6 Å². The van der Waals surface area contributed by atoms with E-state index in [1.165, 1.54) is 19.2 Å². The minimum Gasteiger partial charge on any atom is -0.496 e. The maximum absolute atomic E-state index is 13.9. The molecule has 2 rings (SSSR count). The zero-order chi connectivity index (χ0) is 14.7. The van der Waals surface area contributed by atoms with Gasteiger partial charge in [-0.1, -0.05) is 19.4 Å². The van der Waals surface area contributed by atoms with Crippen LogP contribution < -0.4 is 4.74 Å². The summed E-state index contributed by atoms with van der Waals surface area (Å²) < 4.78 is 24.2. The van der Waals surface area contributed by atoms with Crippen molar-refractivity contribution in [1.82, 2.24) is 4.98 Å². The van der Waals surface area contributed by atoms with Crippen molar-refractivity contribution < 1.29 is 23.4 Å². The maximum Gasteiger partial charge on any atom is 0.373 e. The molecule has 2 aromatic rings. The number of hydrogen-bond acceptors (Lipinski definition) is 4. The number of ether oxygens (including phenoxy) is 1. The lowest BCUT2D eigenvalue weighted by atomic mass is 10.2. The molecule has 0 aliphatic carbocycles. The molecule has 0 atom stereocenters. The first-order valence-electron chi connectivity index (χ1n) is 6.14. The number of rotatable bonds is 5. The van der Waals surface area contributed by atoms with Crippen molar-refractivity contribution in [3.8, 4) is 17.2 Å². The highest BCUT2D eigenvalue weighted by molar-refractivity contribution is 5.86. The molecule has 0 aliphatic heterocycles. The van der Waals surface area contributed by atoms with Crippen LogP contribution in [0.4, 0.5) is 4.39 Å². The Balaban J connectivity index is 2.59. The molecule has 0 fully saturated rings. The van der Waals surface area contributed by atoms with Crippen molar-refractivity contribution in [2.24, 2.45) is 0 Å². The van der Waals surface area contributed by atoms with E-state index >= 15 is 0 Å². The second kappa shape index (κ2) is 5.73. The number of oxazole rings is 1. The lowest BCUT2D eigenvalue weighted by Gasteiger charge is -2.05. The summed E-state index contributed by atoms with van der Waals surface area (Å²) in [6.45, 7) is 1.89. The number of aromatic nitrogens is 1. The highest BCUT2D eigenvalue weighted by atomic mass is 19.1. The van der Waals surface area contributed by atoms with Gasteiger partial charge >= 0.3 is 5.97 Å². The molecule has 0 saturated heterocycles. The molecule has 0 unspecified atom stereocenters. The molecule has 6 heteroatoms. The fourth-order valence-electron chi connectivity index (χ4n) is 1.91. The van der Waals surface area contributed by atoms with Gasteiger partial charge in [0.2, 0.25) is 11.7 Å². The van der Waals surface area contributed by atoms with Gasteiger partial charge in [-0.2, -0.15) is 0 Å². The van der Waals surface area contributed by atoms with Crippen molar-refractivity contribution in [2.45, 2.75) is 19.8 Å². The number of methoxy groups -OCH3 is 1. The molecular formula is C14H14FNO4.